The molecule has 0 saturated heterocycles. The molecule has 7 heteroatoms. The van der Waals surface area contributed by atoms with Crippen LogP contribution in [0.5, 0.6) is 0 Å². The van der Waals surface area contributed by atoms with Gasteiger partial charge in [-0.15, -0.1) is 16.5 Å². The van der Waals surface area contributed by atoms with Crippen LogP contribution in [-0.2, 0) is 0 Å². The van der Waals surface area contributed by atoms with Crippen molar-refractivity contribution < 1.29 is 9.59 Å². The Balaban J connectivity index is 2.79. The van der Waals surface area contributed by atoms with Crippen molar-refractivity contribution in [3.63, 3.8) is 0 Å². The van der Waals surface area contributed by atoms with Crippen LogP contribution in [0, 0.1) is 4.91 Å². The zero-order valence-corrected chi connectivity index (χ0v) is 9.55. The number of alkyl halides is 1. The first-order valence-corrected chi connectivity index (χ1v) is 5.28. The molecule has 0 aliphatic carbocycles. The van der Waals surface area contributed by atoms with Crippen LogP contribution in [0.4, 0.5) is 10.5 Å². The molecule has 0 aromatic heterocycles. The summed E-state index contributed by atoms with van der Waals surface area (Å²) in [6.45, 7) is 0.000144. The lowest BCUT2D eigenvalue weighted by atomic mass is 10.2. The Morgan fingerprint density at radius 3 is 2.76 bits per heavy atom. The molecule has 0 heterocycles. The van der Waals surface area contributed by atoms with Crippen LogP contribution in [-0.4, -0.2) is 29.8 Å². The Labute approximate surface area is 102 Å². The van der Waals surface area contributed by atoms with Crippen molar-refractivity contribution >= 4 is 29.6 Å². The minimum atomic E-state index is -0.727. The molecule has 0 saturated carbocycles. The standard InChI is InChI=1S/C10H10ClN3O3/c11-5-6-14(13-17)10(16)12-9-4-2-1-3-8(9)7-15/h1-4,7H,5-6H2,(H,12,16). The molecule has 0 fully saturated rings. The van der Waals surface area contributed by atoms with Crippen LogP contribution >= 0.6 is 11.6 Å². The second-order valence-electron chi connectivity index (χ2n) is 3.03. The van der Waals surface area contributed by atoms with E-state index < -0.39 is 6.03 Å². The van der Waals surface area contributed by atoms with Crippen molar-refractivity contribution in [2.75, 3.05) is 17.7 Å². The molecule has 90 valence electrons. The molecular formula is C10H10ClN3O3. The van der Waals surface area contributed by atoms with E-state index >= 15 is 0 Å². The highest BCUT2D eigenvalue weighted by Gasteiger charge is 2.14. The highest BCUT2D eigenvalue weighted by atomic mass is 35.5. The van der Waals surface area contributed by atoms with Gasteiger partial charge in [-0.25, -0.2) is 4.79 Å². The van der Waals surface area contributed by atoms with Crippen LogP contribution in [0.15, 0.2) is 29.6 Å². The van der Waals surface area contributed by atoms with Gasteiger partial charge in [-0.05, 0) is 12.1 Å². The number of hydrogen-bond donors (Lipinski definition) is 1. The van der Waals surface area contributed by atoms with Crippen molar-refractivity contribution in [1.82, 2.24) is 5.01 Å². The molecule has 0 radical (unpaired) electrons. The van der Waals surface area contributed by atoms with Crippen LogP contribution in [0.2, 0.25) is 0 Å². The molecule has 0 aliphatic heterocycles. The molecule has 1 aromatic rings. The number of hydrogen-bond acceptors (Lipinski definition) is 4. The Bertz CT molecular complexity index is 425. The molecule has 2 amide bonds. The summed E-state index contributed by atoms with van der Waals surface area (Å²) in [6.07, 6.45) is 0.607. The molecule has 6 nitrogen and oxygen atoms in total. The quantitative estimate of drug-likeness (QED) is 0.379. The Kier molecular flexibility index (Phi) is 5.09. The summed E-state index contributed by atoms with van der Waals surface area (Å²) in [6, 6.07) is 5.68. The van der Waals surface area contributed by atoms with E-state index in [1.54, 1.807) is 24.3 Å². The zero-order chi connectivity index (χ0) is 12.7. The summed E-state index contributed by atoms with van der Waals surface area (Å²) in [7, 11) is 0. The van der Waals surface area contributed by atoms with Crippen molar-refractivity contribution in [3.05, 3.63) is 34.7 Å². The lowest BCUT2D eigenvalue weighted by Gasteiger charge is -2.13. The summed E-state index contributed by atoms with van der Waals surface area (Å²) in [5, 5.41) is 5.58. The molecule has 1 N–H and O–H groups in total. The second-order valence-corrected chi connectivity index (χ2v) is 3.41. The Morgan fingerprint density at radius 2 is 2.18 bits per heavy atom. The number of carbonyl (C=O) groups excluding carboxylic acids is 2. The summed E-state index contributed by atoms with van der Waals surface area (Å²) < 4.78 is 0. The number of anilines is 1. The number of urea groups is 1. The van der Waals surface area contributed by atoms with Gasteiger partial charge in [0.2, 0.25) is 0 Å². The lowest BCUT2D eigenvalue weighted by molar-refractivity contribution is 0.112. The smallest absolute Gasteiger partial charge is 0.306 e. The SMILES string of the molecule is O=Cc1ccccc1NC(=O)N(CCCl)N=O. The Hall–Kier alpha value is -1.95. The fraction of sp³-hybridized carbons (Fsp3) is 0.200. The van der Waals surface area contributed by atoms with Gasteiger partial charge in [-0.3, -0.25) is 4.79 Å². The number of carbonyl (C=O) groups is 2. The van der Waals surface area contributed by atoms with Crippen LogP contribution < -0.4 is 5.32 Å². The van der Waals surface area contributed by atoms with Crippen LogP contribution in [0.1, 0.15) is 10.4 Å². The topological polar surface area (TPSA) is 78.8 Å². The summed E-state index contributed by atoms with van der Waals surface area (Å²) in [5.74, 6) is 0.0918. The number of aldehydes is 1. The molecule has 0 bridgehead atoms. The summed E-state index contributed by atoms with van der Waals surface area (Å²) in [5.41, 5.74) is 0.633. The van der Waals surface area contributed by atoms with E-state index in [2.05, 4.69) is 10.6 Å². The lowest BCUT2D eigenvalue weighted by Crippen LogP contribution is -2.31. The number of amides is 2. The number of nitroso groups, excluding NO2 is 1. The van der Waals surface area contributed by atoms with Gasteiger partial charge in [0.15, 0.2) is 6.29 Å². The maximum Gasteiger partial charge on any atom is 0.344 e. The largest absolute Gasteiger partial charge is 0.344 e. The first-order valence-electron chi connectivity index (χ1n) is 4.75. The third-order valence-electron chi connectivity index (χ3n) is 1.96. The third kappa shape index (κ3) is 3.53. The molecular weight excluding hydrogens is 246 g/mol. The monoisotopic (exact) mass is 255 g/mol. The van der Waals surface area contributed by atoms with E-state index in [1.165, 1.54) is 0 Å². The second kappa shape index (κ2) is 6.59. The number of halogens is 1. The molecule has 0 unspecified atom stereocenters. The van der Waals surface area contributed by atoms with Gasteiger partial charge in [0.1, 0.15) is 0 Å². The van der Waals surface area contributed by atoms with Gasteiger partial charge in [-0.1, -0.05) is 12.1 Å². The average molecular weight is 256 g/mol. The van der Waals surface area contributed by atoms with E-state index in [0.29, 0.717) is 22.5 Å². The zero-order valence-electron chi connectivity index (χ0n) is 8.80. The molecule has 17 heavy (non-hydrogen) atoms. The predicted octanol–water partition coefficient (Wildman–Crippen LogP) is 2.25. The summed E-state index contributed by atoms with van der Waals surface area (Å²) in [4.78, 5) is 32.6. The maximum atomic E-state index is 11.5. The van der Waals surface area contributed by atoms with Gasteiger partial charge in [-0.2, -0.15) is 5.01 Å². The van der Waals surface area contributed by atoms with E-state index in [4.69, 9.17) is 11.6 Å². The maximum absolute atomic E-state index is 11.5. The first kappa shape index (κ1) is 13.1. The number of benzene rings is 1. The van der Waals surface area contributed by atoms with Crippen molar-refractivity contribution in [1.29, 1.82) is 0 Å². The van der Waals surface area contributed by atoms with Crippen molar-refractivity contribution in [2.24, 2.45) is 5.29 Å². The molecule has 1 rings (SSSR count). The van der Waals surface area contributed by atoms with Crippen LogP contribution in [0.25, 0.3) is 0 Å². The number of nitrogens with one attached hydrogen (secondary N) is 1. The third-order valence-corrected chi connectivity index (χ3v) is 2.13. The van der Waals surface area contributed by atoms with Gasteiger partial charge >= 0.3 is 6.03 Å². The number of nitrogens with zero attached hydrogens (tertiary/aromatic N) is 2. The number of rotatable bonds is 5. The van der Waals surface area contributed by atoms with E-state index in [0.717, 1.165) is 0 Å². The fourth-order valence-electron chi connectivity index (χ4n) is 1.15. The number of para-hydroxylation sites is 1. The summed E-state index contributed by atoms with van der Waals surface area (Å²) >= 11 is 5.40. The van der Waals surface area contributed by atoms with Gasteiger partial charge in [0.05, 0.1) is 17.5 Å². The van der Waals surface area contributed by atoms with Gasteiger partial charge in [0, 0.05) is 11.4 Å². The normalized spacial score (nSPS) is 9.47. The minimum absolute atomic E-state index is 0.000144. The first-order chi connectivity index (χ1) is 8.22. The molecule has 0 aliphatic rings. The van der Waals surface area contributed by atoms with E-state index in [1.807, 2.05) is 0 Å². The van der Waals surface area contributed by atoms with Crippen molar-refractivity contribution in [2.45, 2.75) is 0 Å². The highest BCUT2D eigenvalue weighted by molar-refractivity contribution is 6.18. The Morgan fingerprint density at radius 1 is 1.47 bits per heavy atom. The van der Waals surface area contributed by atoms with Gasteiger partial charge < -0.3 is 5.32 Å². The molecule has 1 aromatic carbocycles. The highest BCUT2D eigenvalue weighted by Crippen LogP contribution is 2.13. The van der Waals surface area contributed by atoms with Crippen LogP contribution in [0.3, 0.4) is 0 Å². The fourth-order valence-corrected chi connectivity index (χ4v) is 1.31. The molecule has 0 atom stereocenters. The molecule has 0 spiro atoms. The van der Waals surface area contributed by atoms with Crippen molar-refractivity contribution in [3.8, 4) is 0 Å². The van der Waals surface area contributed by atoms with Gasteiger partial charge in [0.25, 0.3) is 0 Å². The average Bonchev–Trinajstić information content (AvgIpc) is 2.36. The van der Waals surface area contributed by atoms with E-state index in [9.17, 15) is 14.5 Å². The predicted molar refractivity (Wildman–Crippen MR) is 64.1 cm³/mol. The minimum Gasteiger partial charge on any atom is -0.306 e. The van der Waals surface area contributed by atoms with E-state index in [-0.39, 0.29) is 12.4 Å².